The highest BCUT2D eigenvalue weighted by atomic mass is 19.1. The van der Waals surface area contributed by atoms with Gasteiger partial charge in [-0.05, 0) is 37.8 Å². The van der Waals surface area contributed by atoms with Gasteiger partial charge in [-0.25, -0.2) is 8.78 Å². The summed E-state index contributed by atoms with van der Waals surface area (Å²) in [5.41, 5.74) is -0.0560. The van der Waals surface area contributed by atoms with Gasteiger partial charge >= 0.3 is 0 Å². The van der Waals surface area contributed by atoms with Crippen molar-refractivity contribution >= 4 is 17.7 Å². The summed E-state index contributed by atoms with van der Waals surface area (Å²) < 4.78 is 26.3. The third-order valence-electron chi connectivity index (χ3n) is 4.61. The highest BCUT2D eigenvalue weighted by molar-refractivity contribution is 6.02. The van der Waals surface area contributed by atoms with E-state index in [9.17, 15) is 23.2 Å². The fourth-order valence-electron chi connectivity index (χ4n) is 3.43. The molecule has 24 heavy (non-hydrogen) atoms. The maximum atomic E-state index is 13.2. The molecule has 0 radical (unpaired) electrons. The zero-order valence-electron chi connectivity index (χ0n) is 13.1. The molecule has 128 valence electrons. The van der Waals surface area contributed by atoms with Crippen LogP contribution in [0.3, 0.4) is 0 Å². The monoisotopic (exact) mass is 336 g/mol. The summed E-state index contributed by atoms with van der Waals surface area (Å²) in [7, 11) is 0. The van der Waals surface area contributed by atoms with Gasteiger partial charge < -0.3 is 5.32 Å². The number of nitrogens with zero attached hydrogens (tertiary/aromatic N) is 1. The van der Waals surface area contributed by atoms with E-state index in [-0.39, 0.29) is 42.3 Å². The lowest BCUT2D eigenvalue weighted by atomic mass is 9.90. The van der Waals surface area contributed by atoms with E-state index in [0.717, 1.165) is 12.1 Å². The number of halogens is 2. The second-order valence-corrected chi connectivity index (χ2v) is 6.29. The molecule has 5 nitrogen and oxygen atoms in total. The molecule has 2 fully saturated rings. The molecule has 1 saturated carbocycles. The van der Waals surface area contributed by atoms with Gasteiger partial charge in [-0.2, -0.15) is 0 Å². The Morgan fingerprint density at radius 2 is 1.50 bits per heavy atom. The number of likely N-dealkylation sites (tertiary alicyclic amines) is 1. The third kappa shape index (κ3) is 3.44. The molecule has 0 spiro atoms. The van der Waals surface area contributed by atoms with Crippen molar-refractivity contribution in [3.63, 3.8) is 0 Å². The van der Waals surface area contributed by atoms with Crippen LogP contribution in [0.5, 0.6) is 0 Å². The van der Waals surface area contributed by atoms with E-state index < -0.39 is 17.5 Å². The van der Waals surface area contributed by atoms with Gasteiger partial charge in [0.1, 0.15) is 11.6 Å². The molecule has 7 heteroatoms. The quantitative estimate of drug-likeness (QED) is 0.860. The van der Waals surface area contributed by atoms with Crippen molar-refractivity contribution in [2.24, 2.45) is 0 Å². The molecule has 1 heterocycles. The number of benzene rings is 1. The van der Waals surface area contributed by atoms with Crippen molar-refractivity contribution in [3.8, 4) is 0 Å². The first kappa shape index (κ1) is 16.5. The Kier molecular flexibility index (Phi) is 4.59. The molecule has 1 aliphatic carbocycles. The zero-order chi connectivity index (χ0) is 17.3. The Labute approximate surface area is 138 Å². The highest BCUT2D eigenvalue weighted by Gasteiger charge is 2.37. The van der Waals surface area contributed by atoms with Crippen LogP contribution in [0.2, 0.25) is 0 Å². The van der Waals surface area contributed by atoms with Crippen LogP contribution in [0.25, 0.3) is 0 Å². The first-order chi connectivity index (χ1) is 11.4. The second kappa shape index (κ2) is 6.67. The highest BCUT2D eigenvalue weighted by Crippen LogP contribution is 2.27. The molecular formula is C17H18F2N2O3. The van der Waals surface area contributed by atoms with E-state index in [1.54, 1.807) is 0 Å². The summed E-state index contributed by atoms with van der Waals surface area (Å²) in [6.07, 6.45) is 3.04. The van der Waals surface area contributed by atoms with Crippen molar-refractivity contribution in [2.75, 3.05) is 0 Å². The van der Waals surface area contributed by atoms with Gasteiger partial charge in [0, 0.05) is 36.6 Å². The van der Waals surface area contributed by atoms with Crippen LogP contribution in [0.15, 0.2) is 18.2 Å². The Hall–Kier alpha value is -2.31. The van der Waals surface area contributed by atoms with Gasteiger partial charge in [0.2, 0.25) is 11.8 Å². The average molecular weight is 336 g/mol. The number of imide groups is 1. The largest absolute Gasteiger partial charge is 0.349 e. The minimum Gasteiger partial charge on any atom is -0.349 e. The standard InChI is InChI=1S/C17H18F2N2O3/c18-11-7-10(8-12(19)9-11)17(24)20-13-1-3-14(4-2-13)21-15(22)5-6-16(21)23/h7-9,13-14H,1-6H2,(H,20,24). The van der Waals surface area contributed by atoms with E-state index in [1.165, 1.54) is 4.90 Å². The number of hydrogen-bond acceptors (Lipinski definition) is 3. The van der Waals surface area contributed by atoms with Gasteiger partial charge in [-0.15, -0.1) is 0 Å². The van der Waals surface area contributed by atoms with Crippen molar-refractivity contribution in [3.05, 3.63) is 35.4 Å². The Morgan fingerprint density at radius 1 is 0.958 bits per heavy atom. The SMILES string of the molecule is O=C(NC1CCC(N2C(=O)CCC2=O)CC1)c1cc(F)cc(F)c1. The summed E-state index contributed by atoms with van der Waals surface area (Å²) in [5.74, 6) is -2.36. The molecule has 0 bridgehead atoms. The smallest absolute Gasteiger partial charge is 0.251 e. The van der Waals surface area contributed by atoms with Gasteiger partial charge in [0.15, 0.2) is 0 Å². The number of nitrogens with one attached hydrogen (secondary N) is 1. The summed E-state index contributed by atoms with van der Waals surface area (Å²) in [5, 5.41) is 2.76. The zero-order valence-corrected chi connectivity index (χ0v) is 13.1. The Balaban J connectivity index is 1.56. The molecule has 1 N–H and O–H groups in total. The minimum absolute atomic E-state index is 0.0560. The molecule has 1 saturated heterocycles. The third-order valence-corrected chi connectivity index (χ3v) is 4.61. The van der Waals surface area contributed by atoms with Crippen LogP contribution < -0.4 is 5.32 Å². The summed E-state index contributed by atoms with van der Waals surface area (Å²) in [4.78, 5) is 37.0. The molecule has 0 unspecified atom stereocenters. The van der Waals surface area contributed by atoms with E-state index in [4.69, 9.17) is 0 Å². The summed E-state index contributed by atoms with van der Waals surface area (Å²) >= 11 is 0. The minimum atomic E-state index is -0.796. The van der Waals surface area contributed by atoms with Gasteiger partial charge in [-0.1, -0.05) is 0 Å². The molecule has 1 aromatic carbocycles. The second-order valence-electron chi connectivity index (χ2n) is 6.29. The van der Waals surface area contributed by atoms with Crippen molar-refractivity contribution < 1.29 is 23.2 Å². The number of amides is 3. The average Bonchev–Trinajstić information content (AvgIpc) is 2.86. The number of carbonyl (C=O) groups is 3. The maximum Gasteiger partial charge on any atom is 0.251 e. The van der Waals surface area contributed by atoms with E-state index in [2.05, 4.69) is 5.32 Å². The molecule has 1 aliphatic heterocycles. The Morgan fingerprint density at radius 3 is 2.04 bits per heavy atom. The molecule has 1 aromatic rings. The summed E-state index contributed by atoms with van der Waals surface area (Å²) in [6.45, 7) is 0. The number of hydrogen-bond donors (Lipinski definition) is 1. The van der Waals surface area contributed by atoms with Gasteiger partial charge in [-0.3, -0.25) is 19.3 Å². The van der Waals surface area contributed by atoms with E-state index in [1.807, 2.05) is 0 Å². The van der Waals surface area contributed by atoms with Crippen LogP contribution >= 0.6 is 0 Å². The van der Waals surface area contributed by atoms with Crippen LogP contribution in [-0.4, -0.2) is 34.7 Å². The van der Waals surface area contributed by atoms with Crippen molar-refractivity contribution in [1.82, 2.24) is 10.2 Å². The van der Waals surface area contributed by atoms with E-state index in [0.29, 0.717) is 31.7 Å². The van der Waals surface area contributed by atoms with E-state index >= 15 is 0 Å². The first-order valence-corrected chi connectivity index (χ1v) is 8.06. The fourth-order valence-corrected chi connectivity index (χ4v) is 3.43. The summed E-state index contributed by atoms with van der Waals surface area (Å²) in [6, 6.07) is 2.46. The molecule has 3 amide bonds. The maximum absolute atomic E-state index is 13.2. The molecular weight excluding hydrogens is 318 g/mol. The van der Waals surface area contributed by atoms with Gasteiger partial charge in [0.05, 0.1) is 0 Å². The van der Waals surface area contributed by atoms with Gasteiger partial charge in [0.25, 0.3) is 5.91 Å². The first-order valence-electron chi connectivity index (χ1n) is 8.06. The lowest BCUT2D eigenvalue weighted by Crippen LogP contribution is -2.45. The van der Waals surface area contributed by atoms with Crippen molar-refractivity contribution in [2.45, 2.75) is 50.6 Å². The van der Waals surface area contributed by atoms with Crippen molar-refractivity contribution in [1.29, 1.82) is 0 Å². The van der Waals surface area contributed by atoms with Crippen LogP contribution in [-0.2, 0) is 9.59 Å². The topological polar surface area (TPSA) is 66.5 Å². The van der Waals surface area contributed by atoms with Crippen LogP contribution in [0.4, 0.5) is 8.78 Å². The van der Waals surface area contributed by atoms with Crippen LogP contribution in [0.1, 0.15) is 48.9 Å². The molecule has 2 aliphatic rings. The predicted octanol–water partition coefficient (Wildman–Crippen LogP) is 2.15. The number of carbonyl (C=O) groups excluding carboxylic acids is 3. The molecule has 3 rings (SSSR count). The lowest BCUT2D eigenvalue weighted by molar-refractivity contribution is -0.141. The molecule has 0 aromatic heterocycles. The van der Waals surface area contributed by atoms with Crippen LogP contribution in [0, 0.1) is 11.6 Å². The Bertz CT molecular complexity index is 648. The predicted molar refractivity (Wildman–Crippen MR) is 81.0 cm³/mol. The normalized spacial score (nSPS) is 24.3. The fraction of sp³-hybridized carbons (Fsp3) is 0.471. The number of rotatable bonds is 3. The lowest BCUT2D eigenvalue weighted by Gasteiger charge is -2.33. The molecule has 0 atom stereocenters.